The molecule has 0 saturated carbocycles. The van der Waals surface area contributed by atoms with Gasteiger partial charge in [0, 0.05) is 11.1 Å². The molecule has 1 aliphatic carbocycles. The third-order valence-electron chi connectivity index (χ3n) is 4.78. The van der Waals surface area contributed by atoms with Gasteiger partial charge in [-0.25, -0.2) is 0 Å². The molecular formula is C20H22O2. The van der Waals surface area contributed by atoms with Gasteiger partial charge in [0.1, 0.15) is 5.60 Å². The summed E-state index contributed by atoms with van der Waals surface area (Å²) >= 11 is 0. The molecule has 2 heteroatoms. The highest BCUT2D eigenvalue weighted by atomic mass is 16.3. The first-order chi connectivity index (χ1) is 10.4. The fourth-order valence-electron chi connectivity index (χ4n) is 3.36. The lowest BCUT2D eigenvalue weighted by Gasteiger charge is -2.39. The molecule has 1 atom stereocenters. The summed E-state index contributed by atoms with van der Waals surface area (Å²) in [6, 6.07) is 13.3. The van der Waals surface area contributed by atoms with Crippen LogP contribution in [0.1, 0.15) is 66.2 Å². The lowest BCUT2D eigenvalue weighted by molar-refractivity contribution is 0.0277. The van der Waals surface area contributed by atoms with Crippen LogP contribution in [0.2, 0.25) is 0 Å². The Morgan fingerprint density at radius 2 is 1.55 bits per heavy atom. The molecule has 2 nitrogen and oxygen atoms in total. The Kier molecular flexibility index (Phi) is 3.45. The topological polar surface area (TPSA) is 37.3 Å². The lowest BCUT2D eigenvalue weighted by atomic mass is 9.68. The molecule has 0 radical (unpaired) electrons. The molecule has 0 aliphatic heterocycles. The molecule has 0 unspecified atom stereocenters. The van der Waals surface area contributed by atoms with E-state index in [1.165, 1.54) is 0 Å². The van der Waals surface area contributed by atoms with Gasteiger partial charge in [0.25, 0.3) is 0 Å². The molecule has 1 N–H and O–H groups in total. The van der Waals surface area contributed by atoms with Crippen LogP contribution in [-0.4, -0.2) is 10.9 Å². The van der Waals surface area contributed by atoms with E-state index in [-0.39, 0.29) is 11.7 Å². The highest BCUT2D eigenvalue weighted by molar-refractivity contribution is 6.13. The molecule has 2 aromatic carbocycles. The maximum absolute atomic E-state index is 12.8. The second-order valence-corrected chi connectivity index (χ2v) is 6.76. The lowest BCUT2D eigenvalue weighted by Crippen LogP contribution is -2.40. The van der Waals surface area contributed by atoms with Crippen LogP contribution in [0, 0.1) is 5.92 Å². The summed E-state index contributed by atoms with van der Waals surface area (Å²) in [7, 11) is 0. The summed E-state index contributed by atoms with van der Waals surface area (Å²) in [6.45, 7) is 8.24. The maximum atomic E-state index is 12.8. The van der Waals surface area contributed by atoms with Gasteiger partial charge in [-0.2, -0.15) is 0 Å². The SMILES string of the molecule is CC(C)c1ccc2c(c1)[C@](O)(C(C)C)c1ccccc1C2=O. The van der Waals surface area contributed by atoms with Crippen molar-refractivity contribution in [3.8, 4) is 0 Å². The Labute approximate surface area is 131 Å². The molecule has 0 heterocycles. The summed E-state index contributed by atoms with van der Waals surface area (Å²) in [5.41, 5.74) is 2.73. The summed E-state index contributed by atoms with van der Waals surface area (Å²) < 4.78 is 0. The highest BCUT2D eigenvalue weighted by Crippen LogP contribution is 2.45. The van der Waals surface area contributed by atoms with Crippen molar-refractivity contribution < 1.29 is 9.90 Å². The van der Waals surface area contributed by atoms with Crippen LogP contribution in [0.4, 0.5) is 0 Å². The van der Waals surface area contributed by atoms with E-state index in [4.69, 9.17) is 0 Å². The van der Waals surface area contributed by atoms with E-state index < -0.39 is 5.60 Å². The fourth-order valence-corrected chi connectivity index (χ4v) is 3.36. The third kappa shape index (κ3) is 1.94. The number of carbonyl (C=O) groups excluding carboxylic acids is 1. The zero-order valence-corrected chi connectivity index (χ0v) is 13.6. The first-order valence-corrected chi connectivity index (χ1v) is 7.88. The van der Waals surface area contributed by atoms with Gasteiger partial charge in [0.05, 0.1) is 0 Å². The minimum absolute atomic E-state index is 0.00577. The second kappa shape index (κ2) is 5.06. The van der Waals surface area contributed by atoms with Crippen molar-refractivity contribution in [1.29, 1.82) is 0 Å². The average Bonchev–Trinajstić information content (AvgIpc) is 2.51. The number of carbonyl (C=O) groups is 1. The Morgan fingerprint density at radius 1 is 0.909 bits per heavy atom. The standard InChI is InChI=1S/C20H22O2/c1-12(2)14-9-10-16-18(11-14)20(22,13(3)4)17-8-6-5-7-15(17)19(16)21/h5-13,22H,1-4H3/t20-/m0/s1. The molecular weight excluding hydrogens is 272 g/mol. The van der Waals surface area contributed by atoms with Gasteiger partial charge in [-0.3, -0.25) is 4.79 Å². The molecule has 1 aliphatic rings. The first-order valence-electron chi connectivity index (χ1n) is 7.88. The number of fused-ring (bicyclic) bond motifs is 2. The van der Waals surface area contributed by atoms with E-state index in [1.54, 1.807) is 0 Å². The van der Waals surface area contributed by atoms with Crippen molar-refractivity contribution in [3.05, 3.63) is 70.3 Å². The van der Waals surface area contributed by atoms with Gasteiger partial charge in [-0.1, -0.05) is 70.2 Å². The summed E-state index contributed by atoms with van der Waals surface area (Å²) in [5.74, 6) is 0.336. The van der Waals surface area contributed by atoms with Crippen molar-refractivity contribution in [1.82, 2.24) is 0 Å². The minimum atomic E-state index is -1.12. The largest absolute Gasteiger partial charge is 0.380 e. The van der Waals surface area contributed by atoms with Crippen LogP contribution in [-0.2, 0) is 5.60 Å². The van der Waals surface area contributed by atoms with Gasteiger partial charge >= 0.3 is 0 Å². The van der Waals surface area contributed by atoms with Gasteiger partial charge < -0.3 is 5.11 Å². The first kappa shape index (κ1) is 15.0. The number of hydrogen-bond donors (Lipinski definition) is 1. The zero-order chi connectivity index (χ0) is 16.1. The Hall–Kier alpha value is -1.93. The summed E-state index contributed by atoms with van der Waals surface area (Å²) in [4.78, 5) is 12.8. The average molecular weight is 294 g/mol. The molecule has 2 aromatic rings. The van der Waals surface area contributed by atoms with Crippen LogP contribution in [0.5, 0.6) is 0 Å². The van der Waals surface area contributed by atoms with Crippen molar-refractivity contribution in [2.24, 2.45) is 5.92 Å². The van der Waals surface area contributed by atoms with E-state index in [1.807, 2.05) is 56.3 Å². The Morgan fingerprint density at radius 3 is 2.18 bits per heavy atom. The van der Waals surface area contributed by atoms with Gasteiger partial charge in [-0.05, 0) is 28.5 Å². The molecule has 114 valence electrons. The normalized spacial score (nSPS) is 20.2. The van der Waals surface area contributed by atoms with E-state index in [9.17, 15) is 9.90 Å². The van der Waals surface area contributed by atoms with E-state index >= 15 is 0 Å². The smallest absolute Gasteiger partial charge is 0.193 e. The molecule has 0 bridgehead atoms. The summed E-state index contributed by atoms with van der Waals surface area (Å²) in [5, 5.41) is 11.5. The Bertz CT molecular complexity index is 743. The van der Waals surface area contributed by atoms with Crippen LogP contribution < -0.4 is 0 Å². The van der Waals surface area contributed by atoms with Crippen molar-refractivity contribution in [2.45, 2.75) is 39.2 Å². The van der Waals surface area contributed by atoms with Crippen molar-refractivity contribution in [2.75, 3.05) is 0 Å². The molecule has 0 aromatic heterocycles. The number of ketones is 1. The number of hydrogen-bond acceptors (Lipinski definition) is 2. The fraction of sp³-hybridized carbons (Fsp3) is 0.350. The number of aliphatic hydroxyl groups is 1. The number of benzene rings is 2. The zero-order valence-electron chi connectivity index (χ0n) is 13.6. The molecule has 0 saturated heterocycles. The second-order valence-electron chi connectivity index (χ2n) is 6.76. The van der Waals surface area contributed by atoms with E-state index in [0.717, 1.165) is 16.7 Å². The maximum Gasteiger partial charge on any atom is 0.193 e. The molecule has 3 rings (SSSR count). The van der Waals surface area contributed by atoms with Crippen LogP contribution in [0.25, 0.3) is 0 Å². The molecule has 0 amide bonds. The number of rotatable bonds is 2. The van der Waals surface area contributed by atoms with E-state index in [0.29, 0.717) is 17.0 Å². The van der Waals surface area contributed by atoms with Gasteiger partial charge in [-0.15, -0.1) is 0 Å². The predicted octanol–water partition coefficient (Wildman–Crippen LogP) is 4.25. The molecule has 0 fully saturated rings. The monoisotopic (exact) mass is 294 g/mol. The molecule has 22 heavy (non-hydrogen) atoms. The van der Waals surface area contributed by atoms with Crippen molar-refractivity contribution >= 4 is 5.78 Å². The Balaban J connectivity index is 2.35. The van der Waals surface area contributed by atoms with Gasteiger partial charge in [0.2, 0.25) is 0 Å². The highest BCUT2D eigenvalue weighted by Gasteiger charge is 2.44. The molecule has 0 spiro atoms. The van der Waals surface area contributed by atoms with Gasteiger partial charge in [0.15, 0.2) is 5.78 Å². The van der Waals surface area contributed by atoms with Crippen LogP contribution in [0.3, 0.4) is 0 Å². The van der Waals surface area contributed by atoms with Crippen molar-refractivity contribution in [3.63, 3.8) is 0 Å². The van der Waals surface area contributed by atoms with Crippen LogP contribution in [0.15, 0.2) is 42.5 Å². The van der Waals surface area contributed by atoms with E-state index in [2.05, 4.69) is 13.8 Å². The van der Waals surface area contributed by atoms with Crippen LogP contribution >= 0.6 is 0 Å². The summed E-state index contributed by atoms with van der Waals surface area (Å²) in [6.07, 6.45) is 0. The predicted molar refractivity (Wildman–Crippen MR) is 88.2 cm³/mol. The quantitative estimate of drug-likeness (QED) is 0.899. The minimum Gasteiger partial charge on any atom is -0.380 e. The third-order valence-corrected chi connectivity index (χ3v) is 4.78.